The summed E-state index contributed by atoms with van der Waals surface area (Å²) in [5.74, 6) is -0.602. The fourth-order valence-electron chi connectivity index (χ4n) is 2.99. The molecule has 0 spiro atoms. The summed E-state index contributed by atoms with van der Waals surface area (Å²) in [5.41, 5.74) is 3.51. The van der Waals surface area contributed by atoms with Crippen LogP contribution in [-0.2, 0) is 21.6 Å². The number of hydrogen-bond donors (Lipinski definition) is 1. The van der Waals surface area contributed by atoms with Gasteiger partial charge in [-0.3, -0.25) is 0 Å². The van der Waals surface area contributed by atoms with Gasteiger partial charge in [0.1, 0.15) is 0 Å². The van der Waals surface area contributed by atoms with Crippen molar-refractivity contribution in [3.8, 4) is 11.1 Å². The quantitative estimate of drug-likeness (QED) is 0.751. The van der Waals surface area contributed by atoms with E-state index in [-0.39, 0.29) is 6.61 Å². The number of carbonyl (C=O) groups excluding carboxylic acids is 1. The highest BCUT2D eigenvalue weighted by molar-refractivity contribution is 5.85. The molecule has 2 aromatic carbocycles. The predicted molar refractivity (Wildman–Crippen MR) is 80.9 cm³/mol. The molecule has 0 fully saturated rings. The molecule has 0 saturated heterocycles. The number of ether oxygens (including phenoxy) is 1. The Kier molecular flexibility index (Phi) is 3.30. The van der Waals surface area contributed by atoms with Crippen LogP contribution < -0.4 is 0 Å². The molecule has 1 aliphatic rings. The van der Waals surface area contributed by atoms with Gasteiger partial charge in [-0.15, -0.1) is 0 Å². The first-order valence-electron chi connectivity index (χ1n) is 7.16. The molecule has 0 amide bonds. The monoisotopic (exact) mass is 282 g/mol. The standard InChI is InChI=1S/C18H18O3/c1-3-21-17(19)18(2,20)16-10-6-9-14-13-8-5-4-7-12(13)11-15(14)16/h4-10,20H,3,11H2,1-2H3. The maximum Gasteiger partial charge on any atom is 0.342 e. The van der Waals surface area contributed by atoms with Crippen molar-refractivity contribution >= 4 is 5.97 Å². The van der Waals surface area contributed by atoms with Crippen LogP contribution in [0.25, 0.3) is 11.1 Å². The molecule has 0 aliphatic heterocycles. The summed E-state index contributed by atoms with van der Waals surface area (Å²) in [5, 5.41) is 10.7. The van der Waals surface area contributed by atoms with Crippen LogP contribution in [0, 0.1) is 0 Å². The molecule has 0 radical (unpaired) electrons. The average Bonchev–Trinajstić information content (AvgIpc) is 2.85. The van der Waals surface area contributed by atoms with E-state index in [0.29, 0.717) is 5.56 Å². The minimum Gasteiger partial charge on any atom is -0.464 e. The summed E-state index contributed by atoms with van der Waals surface area (Å²) in [6, 6.07) is 13.9. The van der Waals surface area contributed by atoms with Gasteiger partial charge in [0.25, 0.3) is 0 Å². The van der Waals surface area contributed by atoms with Gasteiger partial charge in [-0.1, -0.05) is 42.5 Å². The Bertz CT molecular complexity index is 701. The SMILES string of the molecule is CCOC(=O)C(C)(O)c1cccc2c1Cc1ccccc1-2. The highest BCUT2D eigenvalue weighted by Gasteiger charge is 2.38. The summed E-state index contributed by atoms with van der Waals surface area (Å²) < 4.78 is 5.01. The molecular formula is C18H18O3. The van der Waals surface area contributed by atoms with E-state index in [0.717, 1.165) is 17.5 Å². The number of rotatable bonds is 3. The molecule has 3 rings (SSSR count). The van der Waals surface area contributed by atoms with E-state index in [9.17, 15) is 9.90 Å². The van der Waals surface area contributed by atoms with E-state index in [2.05, 4.69) is 12.1 Å². The molecule has 1 atom stereocenters. The van der Waals surface area contributed by atoms with Gasteiger partial charge in [-0.2, -0.15) is 0 Å². The van der Waals surface area contributed by atoms with Crippen LogP contribution in [0.5, 0.6) is 0 Å². The minimum absolute atomic E-state index is 0.254. The first-order valence-corrected chi connectivity index (χ1v) is 7.16. The fourth-order valence-corrected chi connectivity index (χ4v) is 2.99. The summed E-state index contributed by atoms with van der Waals surface area (Å²) in [7, 11) is 0. The third-order valence-corrected chi connectivity index (χ3v) is 4.05. The maximum atomic E-state index is 12.1. The van der Waals surface area contributed by atoms with Gasteiger partial charge < -0.3 is 9.84 Å². The lowest BCUT2D eigenvalue weighted by atomic mass is 9.89. The first kappa shape index (κ1) is 13.8. The molecule has 21 heavy (non-hydrogen) atoms. The van der Waals surface area contributed by atoms with E-state index in [1.54, 1.807) is 6.92 Å². The molecule has 0 saturated carbocycles. The predicted octanol–water partition coefficient (Wildman–Crippen LogP) is 3.03. The minimum atomic E-state index is -1.62. The van der Waals surface area contributed by atoms with Crippen LogP contribution >= 0.6 is 0 Å². The van der Waals surface area contributed by atoms with Crippen molar-refractivity contribution in [1.82, 2.24) is 0 Å². The van der Waals surface area contributed by atoms with E-state index in [4.69, 9.17) is 4.74 Å². The molecule has 1 aliphatic carbocycles. The van der Waals surface area contributed by atoms with Gasteiger partial charge in [0, 0.05) is 0 Å². The lowest BCUT2D eigenvalue weighted by molar-refractivity contribution is -0.164. The van der Waals surface area contributed by atoms with Gasteiger partial charge in [0.15, 0.2) is 5.60 Å². The smallest absolute Gasteiger partial charge is 0.342 e. The number of aliphatic hydroxyl groups is 1. The summed E-state index contributed by atoms with van der Waals surface area (Å²) in [6.45, 7) is 3.49. The number of benzene rings is 2. The molecule has 108 valence electrons. The van der Waals surface area contributed by atoms with Crippen molar-refractivity contribution in [2.45, 2.75) is 25.9 Å². The van der Waals surface area contributed by atoms with Crippen molar-refractivity contribution < 1.29 is 14.6 Å². The zero-order valence-corrected chi connectivity index (χ0v) is 12.2. The van der Waals surface area contributed by atoms with Crippen LogP contribution in [0.3, 0.4) is 0 Å². The summed E-state index contributed by atoms with van der Waals surface area (Å²) in [4.78, 5) is 12.1. The normalized spacial score (nSPS) is 15.0. The third kappa shape index (κ3) is 2.14. The summed E-state index contributed by atoms with van der Waals surface area (Å²) >= 11 is 0. The third-order valence-electron chi connectivity index (χ3n) is 4.05. The molecule has 0 aromatic heterocycles. The Hall–Kier alpha value is -2.13. The second-order valence-corrected chi connectivity index (χ2v) is 5.46. The van der Waals surface area contributed by atoms with Crippen LogP contribution in [0.15, 0.2) is 42.5 Å². The van der Waals surface area contributed by atoms with Crippen LogP contribution in [0.4, 0.5) is 0 Å². The Morgan fingerprint density at radius 1 is 1.19 bits per heavy atom. The Balaban J connectivity index is 2.10. The molecule has 1 N–H and O–H groups in total. The molecule has 0 heterocycles. The molecule has 3 nitrogen and oxygen atoms in total. The van der Waals surface area contributed by atoms with E-state index < -0.39 is 11.6 Å². The second-order valence-electron chi connectivity index (χ2n) is 5.46. The first-order chi connectivity index (χ1) is 10.1. The molecule has 3 heteroatoms. The lowest BCUT2D eigenvalue weighted by Crippen LogP contribution is -2.35. The Morgan fingerprint density at radius 3 is 2.67 bits per heavy atom. The zero-order chi connectivity index (χ0) is 15.0. The van der Waals surface area contributed by atoms with Crippen molar-refractivity contribution in [3.63, 3.8) is 0 Å². The van der Waals surface area contributed by atoms with Gasteiger partial charge in [0.05, 0.1) is 6.61 Å². The van der Waals surface area contributed by atoms with Crippen LogP contribution in [-0.4, -0.2) is 17.7 Å². The average molecular weight is 282 g/mol. The maximum absolute atomic E-state index is 12.1. The summed E-state index contributed by atoms with van der Waals surface area (Å²) in [6.07, 6.45) is 0.733. The van der Waals surface area contributed by atoms with Crippen molar-refractivity contribution in [1.29, 1.82) is 0 Å². The number of fused-ring (bicyclic) bond motifs is 3. The highest BCUT2D eigenvalue weighted by atomic mass is 16.5. The van der Waals surface area contributed by atoms with Gasteiger partial charge in [-0.25, -0.2) is 4.79 Å². The lowest BCUT2D eigenvalue weighted by Gasteiger charge is -2.24. The molecule has 0 bridgehead atoms. The largest absolute Gasteiger partial charge is 0.464 e. The topological polar surface area (TPSA) is 46.5 Å². The van der Waals surface area contributed by atoms with E-state index >= 15 is 0 Å². The van der Waals surface area contributed by atoms with Crippen molar-refractivity contribution in [2.75, 3.05) is 6.61 Å². The Morgan fingerprint density at radius 2 is 1.90 bits per heavy atom. The Labute approximate surface area is 124 Å². The van der Waals surface area contributed by atoms with E-state index in [1.807, 2.05) is 30.3 Å². The number of esters is 1. The van der Waals surface area contributed by atoms with Crippen LogP contribution in [0.2, 0.25) is 0 Å². The second kappa shape index (κ2) is 5.01. The van der Waals surface area contributed by atoms with E-state index in [1.165, 1.54) is 18.1 Å². The van der Waals surface area contributed by atoms with Crippen molar-refractivity contribution in [3.05, 3.63) is 59.2 Å². The molecule has 1 unspecified atom stereocenters. The van der Waals surface area contributed by atoms with Crippen molar-refractivity contribution in [2.24, 2.45) is 0 Å². The molecule has 2 aromatic rings. The van der Waals surface area contributed by atoms with Gasteiger partial charge in [0.2, 0.25) is 0 Å². The fraction of sp³-hybridized carbons (Fsp3) is 0.278. The number of hydrogen-bond acceptors (Lipinski definition) is 3. The zero-order valence-electron chi connectivity index (χ0n) is 12.2. The molecular weight excluding hydrogens is 264 g/mol. The van der Waals surface area contributed by atoms with Crippen LogP contribution in [0.1, 0.15) is 30.5 Å². The van der Waals surface area contributed by atoms with Gasteiger partial charge in [-0.05, 0) is 48.1 Å². The number of carbonyl (C=O) groups is 1. The van der Waals surface area contributed by atoms with Gasteiger partial charge >= 0.3 is 5.97 Å². The highest BCUT2D eigenvalue weighted by Crippen LogP contribution is 2.41.